The van der Waals surface area contributed by atoms with E-state index in [0.29, 0.717) is 23.7 Å². The Bertz CT molecular complexity index is 668. The smallest absolute Gasteiger partial charge is 0.490 e. The second kappa shape index (κ2) is 7.72. The lowest BCUT2D eigenvalue weighted by atomic mass is 10.2. The largest absolute Gasteiger partial charge is 0.573 e. The summed E-state index contributed by atoms with van der Waals surface area (Å²) >= 11 is 0. The van der Waals surface area contributed by atoms with Crippen molar-refractivity contribution in [2.24, 2.45) is 5.92 Å². The molecule has 0 saturated heterocycles. The lowest BCUT2D eigenvalue weighted by molar-refractivity contribution is -0.274. The van der Waals surface area contributed by atoms with E-state index < -0.39 is 6.36 Å². The number of nitrogens with zero attached hydrogens (tertiary/aromatic N) is 2. The van der Waals surface area contributed by atoms with Crippen LogP contribution in [0, 0.1) is 5.92 Å². The summed E-state index contributed by atoms with van der Waals surface area (Å²) in [6.45, 7) is 0.638. The third-order valence-electron chi connectivity index (χ3n) is 3.95. The van der Waals surface area contributed by atoms with Gasteiger partial charge in [0.05, 0.1) is 19.0 Å². The molecule has 1 aromatic heterocycles. The fraction of sp³-hybridized carbons (Fsp3) is 0.444. The number of ether oxygens (including phenoxy) is 2. The molecule has 25 heavy (non-hydrogen) atoms. The number of alkyl halides is 3. The standard InChI is InChI=1S/C18H19F3N2O2/c19-18(20,21)25-15-8-6-14(7-9-15)17-22-11-16(12-23-17)24-10-2-1-3-13-4-5-13/h6-9,11-13H,1-5,10H2. The van der Waals surface area contributed by atoms with Crippen LogP contribution in [0.3, 0.4) is 0 Å². The number of aromatic nitrogens is 2. The first kappa shape index (κ1) is 17.5. The predicted molar refractivity (Wildman–Crippen MR) is 86.2 cm³/mol. The van der Waals surface area contributed by atoms with Gasteiger partial charge in [0.25, 0.3) is 0 Å². The molecule has 2 aromatic rings. The molecule has 7 heteroatoms. The minimum atomic E-state index is -4.70. The molecule has 1 aromatic carbocycles. The van der Waals surface area contributed by atoms with E-state index in [0.717, 1.165) is 12.3 Å². The highest BCUT2D eigenvalue weighted by Crippen LogP contribution is 2.33. The van der Waals surface area contributed by atoms with Crippen molar-refractivity contribution >= 4 is 0 Å². The SMILES string of the molecule is FC(F)(F)Oc1ccc(-c2ncc(OCCCCC3CC3)cn2)cc1. The lowest BCUT2D eigenvalue weighted by Gasteiger charge is -2.09. The highest BCUT2D eigenvalue weighted by molar-refractivity contribution is 5.56. The summed E-state index contributed by atoms with van der Waals surface area (Å²) in [4.78, 5) is 8.38. The Morgan fingerprint density at radius 1 is 0.960 bits per heavy atom. The zero-order valence-electron chi connectivity index (χ0n) is 13.6. The molecular weight excluding hydrogens is 333 g/mol. The molecule has 1 aliphatic carbocycles. The van der Waals surface area contributed by atoms with Gasteiger partial charge in [0.1, 0.15) is 5.75 Å². The number of hydrogen-bond acceptors (Lipinski definition) is 4. The fourth-order valence-corrected chi connectivity index (χ4v) is 2.48. The van der Waals surface area contributed by atoms with E-state index in [1.807, 2.05) is 0 Å². The average molecular weight is 352 g/mol. The van der Waals surface area contributed by atoms with Crippen LogP contribution in [0.4, 0.5) is 13.2 Å². The maximum atomic E-state index is 12.1. The third kappa shape index (κ3) is 5.92. The normalized spacial score (nSPS) is 14.4. The highest BCUT2D eigenvalue weighted by Gasteiger charge is 2.31. The molecular formula is C18H19F3N2O2. The summed E-state index contributed by atoms with van der Waals surface area (Å²) in [5, 5.41) is 0. The topological polar surface area (TPSA) is 44.2 Å². The van der Waals surface area contributed by atoms with E-state index in [9.17, 15) is 13.2 Å². The maximum absolute atomic E-state index is 12.1. The minimum absolute atomic E-state index is 0.276. The first-order valence-corrected chi connectivity index (χ1v) is 8.31. The molecule has 4 nitrogen and oxygen atoms in total. The van der Waals surface area contributed by atoms with Crippen LogP contribution in [-0.2, 0) is 0 Å². The molecule has 1 fully saturated rings. The van der Waals surface area contributed by atoms with Crippen LogP contribution in [0.2, 0.25) is 0 Å². The van der Waals surface area contributed by atoms with Gasteiger partial charge in [-0.1, -0.05) is 19.3 Å². The van der Waals surface area contributed by atoms with Crippen LogP contribution in [0.15, 0.2) is 36.7 Å². The minimum Gasteiger partial charge on any atom is -0.490 e. The second-order valence-electron chi connectivity index (χ2n) is 6.10. The summed E-state index contributed by atoms with van der Waals surface area (Å²) in [6, 6.07) is 5.43. The fourth-order valence-electron chi connectivity index (χ4n) is 2.48. The molecule has 0 N–H and O–H groups in total. The molecule has 1 saturated carbocycles. The molecule has 0 unspecified atom stereocenters. The summed E-state index contributed by atoms with van der Waals surface area (Å²) in [6.07, 6.45) is 4.67. The van der Waals surface area contributed by atoms with Gasteiger partial charge in [-0.3, -0.25) is 0 Å². The number of hydrogen-bond donors (Lipinski definition) is 0. The molecule has 0 atom stereocenters. The van der Waals surface area contributed by atoms with Crippen LogP contribution in [0.25, 0.3) is 11.4 Å². The average Bonchev–Trinajstić information content (AvgIpc) is 3.39. The number of unbranched alkanes of at least 4 members (excludes halogenated alkanes) is 1. The van der Waals surface area contributed by atoms with Crippen LogP contribution in [0.1, 0.15) is 32.1 Å². The van der Waals surface area contributed by atoms with Crippen molar-refractivity contribution < 1.29 is 22.6 Å². The molecule has 1 heterocycles. The van der Waals surface area contributed by atoms with E-state index in [-0.39, 0.29) is 5.75 Å². The van der Waals surface area contributed by atoms with Crippen molar-refractivity contribution in [2.45, 2.75) is 38.5 Å². The van der Waals surface area contributed by atoms with Crippen molar-refractivity contribution in [3.8, 4) is 22.9 Å². The van der Waals surface area contributed by atoms with Crippen molar-refractivity contribution in [3.05, 3.63) is 36.7 Å². The summed E-state index contributed by atoms with van der Waals surface area (Å²) in [7, 11) is 0. The Hall–Kier alpha value is -2.31. The highest BCUT2D eigenvalue weighted by atomic mass is 19.4. The Labute approximate surface area is 144 Å². The number of rotatable bonds is 8. The summed E-state index contributed by atoms with van der Waals surface area (Å²) in [5.74, 6) is 1.67. The Balaban J connectivity index is 1.49. The quantitative estimate of drug-likeness (QED) is 0.627. The van der Waals surface area contributed by atoms with Gasteiger partial charge in [0.2, 0.25) is 0 Å². The molecule has 0 radical (unpaired) electrons. The van der Waals surface area contributed by atoms with Gasteiger partial charge in [-0.15, -0.1) is 13.2 Å². The van der Waals surface area contributed by atoms with Crippen LogP contribution >= 0.6 is 0 Å². The van der Waals surface area contributed by atoms with Gasteiger partial charge >= 0.3 is 6.36 Å². The van der Waals surface area contributed by atoms with Gasteiger partial charge in [-0.25, -0.2) is 9.97 Å². The summed E-state index contributed by atoms with van der Waals surface area (Å²) in [5.41, 5.74) is 0.602. The Kier molecular flexibility index (Phi) is 5.40. The van der Waals surface area contributed by atoms with E-state index in [1.165, 1.54) is 49.9 Å². The lowest BCUT2D eigenvalue weighted by Crippen LogP contribution is -2.16. The molecule has 0 aliphatic heterocycles. The molecule has 134 valence electrons. The monoisotopic (exact) mass is 352 g/mol. The molecule has 3 rings (SSSR count). The van der Waals surface area contributed by atoms with E-state index >= 15 is 0 Å². The second-order valence-corrected chi connectivity index (χ2v) is 6.10. The zero-order valence-corrected chi connectivity index (χ0v) is 13.6. The maximum Gasteiger partial charge on any atom is 0.573 e. The van der Waals surface area contributed by atoms with Crippen molar-refractivity contribution in [2.75, 3.05) is 6.61 Å². The van der Waals surface area contributed by atoms with Crippen LogP contribution in [-0.4, -0.2) is 22.9 Å². The van der Waals surface area contributed by atoms with Crippen molar-refractivity contribution in [3.63, 3.8) is 0 Å². The zero-order chi connectivity index (χ0) is 17.7. The Morgan fingerprint density at radius 3 is 2.24 bits per heavy atom. The van der Waals surface area contributed by atoms with Gasteiger partial charge < -0.3 is 9.47 Å². The number of halogens is 3. The van der Waals surface area contributed by atoms with Crippen molar-refractivity contribution in [1.29, 1.82) is 0 Å². The van der Waals surface area contributed by atoms with Gasteiger partial charge in [0.15, 0.2) is 11.6 Å². The van der Waals surface area contributed by atoms with Crippen LogP contribution < -0.4 is 9.47 Å². The van der Waals surface area contributed by atoms with Crippen LogP contribution in [0.5, 0.6) is 11.5 Å². The van der Waals surface area contributed by atoms with Gasteiger partial charge in [-0.05, 0) is 43.0 Å². The first-order valence-electron chi connectivity index (χ1n) is 8.31. The van der Waals surface area contributed by atoms with Gasteiger partial charge in [-0.2, -0.15) is 0 Å². The van der Waals surface area contributed by atoms with E-state index in [4.69, 9.17) is 4.74 Å². The van der Waals surface area contributed by atoms with Crippen molar-refractivity contribution in [1.82, 2.24) is 9.97 Å². The molecule has 0 spiro atoms. The molecule has 0 amide bonds. The molecule has 0 bridgehead atoms. The van der Waals surface area contributed by atoms with E-state index in [1.54, 1.807) is 12.4 Å². The summed E-state index contributed by atoms with van der Waals surface area (Å²) < 4.78 is 45.9. The first-order chi connectivity index (χ1) is 12.0. The molecule has 1 aliphatic rings. The van der Waals surface area contributed by atoms with E-state index in [2.05, 4.69) is 14.7 Å². The predicted octanol–water partition coefficient (Wildman–Crippen LogP) is 5.00. The number of benzene rings is 1. The third-order valence-corrected chi connectivity index (χ3v) is 3.95. The Morgan fingerprint density at radius 2 is 1.64 bits per heavy atom. The van der Waals surface area contributed by atoms with Gasteiger partial charge in [0, 0.05) is 5.56 Å².